The summed E-state index contributed by atoms with van der Waals surface area (Å²) in [6.07, 6.45) is 3.98. The van der Waals surface area contributed by atoms with Gasteiger partial charge in [0.15, 0.2) is 12.4 Å². The average molecular weight is 344 g/mol. The van der Waals surface area contributed by atoms with Crippen LogP contribution in [-0.4, -0.2) is 6.03 Å². The van der Waals surface area contributed by atoms with Crippen molar-refractivity contribution in [3.63, 3.8) is 0 Å². The zero-order valence-electron chi connectivity index (χ0n) is 14.7. The number of aryl methyl sites for hydroxylation is 2. The van der Waals surface area contributed by atoms with Gasteiger partial charge in [-0.2, -0.15) is 0 Å². The molecule has 0 saturated carbocycles. The molecule has 0 aliphatic carbocycles. The van der Waals surface area contributed by atoms with E-state index in [1.807, 2.05) is 96.3 Å². The van der Waals surface area contributed by atoms with Gasteiger partial charge in [-0.15, -0.1) is 0 Å². The van der Waals surface area contributed by atoms with Gasteiger partial charge in [0.05, 0.1) is 22.1 Å². The van der Waals surface area contributed by atoms with Gasteiger partial charge in [-0.05, 0) is 24.3 Å². The van der Waals surface area contributed by atoms with E-state index in [1.165, 1.54) is 0 Å². The molecule has 128 valence electrons. The lowest BCUT2D eigenvalue weighted by Crippen LogP contribution is -2.29. The summed E-state index contributed by atoms with van der Waals surface area (Å²) in [5.74, 6) is 0. The van der Waals surface area contributed by atoms with Crippen molar-refractivity contribution in [3.8, 4) is 0 Å². The van der Waals surface area contributed by atoms with Crippen molar-refractivity contribution in [3.05, 3.63) is 73.1 Å². The predicted molar refractivity (Wildman–Crippen MR) is 103 cm³/mol. The zero-order valence-corrected chi connectivity index (χ0v) is 14.7. The van der Waals surface area contributed by atoms with E-state index in [4.69, 9.17) is 0 Å². The molecule has 5 nitrogen and oxygen atoms in total. The van der Waals surface area contributed by atoms with Crippen molar-refractivity contribution >= 4 is 39.2 Å². The van der Waals surface area contributed by atoms with E-state index in [0.29, 0.717) is 0 Å². The van der Waals surface area contributed by atoms with Crippen LogP contribution in [0.2, 0.25) is 0 Å². The van der Waals surface area contributed by atoms with Crippen LogP contribution in [0, 0.1) is 0 Å². The molecule has 0 bridgehead atoms. The second-order valence-electron chi connectivity index (χ2n) is 6.29. The summed E-state index contributed by atoms with van der Waals surface area (Å²) >= 11 is 0. The summed E-state index contributed by atoms with van der Waals surface area (Å²) in [5, 5.41) is 7.93. The van der Waals surface area contributed by atoms with E-state index in [-0.39, 0.29) is 6.03 Å². The lowest BCUT2D eigenvalue weighted by atomic mass is 10.1. The first-order valence-electron chi connectivity index (χ1n) is 8.46. The van der Waals surface area contributed by atoms with Crippen molar-refractivity contribution in [2.75, 3.05) is 10.6 Å². The number of anilines is 2. The Kier molecular flexibility index (Phi) is 3.97. The molecule has 2 aromatic carbocycles. The lowest BCUT2D eigenvalue weighted by Gasteiger charge is -2.10. The van der Waals surface area contributed by atoms with Crippen LogP contribution in [0.4, 0.5) is 16.2 Å². The average Bonchev–Trinajstić information content (AvgIpc) is 2.63. The van der Waals surface area contributed by atoms with Crippen molar-refractivity contribution < 1.29 is 13.9 Å². The fourth-order valence-corrected chi connectivity index (χ4v) is 3.26. The van der Waals surface area contributed by atoms with E-state index in [9.17, 15) is 4.79 Å². The highest BCUT2D eigenvalue weighted by Crippen LogP contribution is 2.23. The summed E-state index contributed by atoms with van der Waals surface area (Å²) in [7, 11) is 3.98. The second-order valence-corrected chi connectivity index (χ2v) is 6.29. The van der Waals surface area contributed by atoms with Crippen LogP contribution in [0.3, 0.4) is 0 Å². The number of urea groups is 1. The Labute approximate surface area is 151 Å². The van der Waals surface area contributed by atoms with Crippen molar-refractivity contribution in [2.24, 2.45) is 14.1 Å². The maximum absolute atomic E-state index is 12.6. The monoisotopic (exact) mass is 344 g/mol. The van der Waals surface area contributed by atoms with Gasteiger partial charge in [0.25, 0.3) is 0 Å². The van der Waals surface area contributed by atoms with E-state index < -0.39 is 0 Å². The molecule has 0 aliphatic heterocycles. The Morgan fingerprint density at radius 3 is 1.62 bits per heavy atom. The molecule has 0 unspecified atom stereocenters. The number of rotatable bonds is 2. The minimum absolute atomic E-state index is 0.261. The summed E-state index contributed by atoms with van der Waals surface area (Å²) < 4.78 is 4.06. The van der Waals surface area contributed by atoms with Crippen LogP contribution >= 0.6 is 0 Å². The Hall–Kier alpha value is -3.47. The van der Waals surface area contributed by atoms with Crippen LogP contribution in [0.25, 0.3) is 21.8 Å². The third-order valence-corrected chi connectivity index (χ3v) is 4.57. The number of hydrogen-bond donors (Lipinski definition) is 2. The van der Waals surface area contributed by atoms with E-state index in [1.54, 1.807) is 0 Å². The van der Waals surface area contributed by atoms with Gasteiger partial charge in [0.1, 0.15) is 14.1 Å². The highest BCUT2D eigenvalue weighted by molar-refractivity contribution is 6.08. The lowest BCUT2D eigenvalue weighted by molar-refractivity contribution is -0.645. The molecule has 2 N–H and O–H groups in total. The quantitative estimate of drug-likeness (QED) is 0.539. The third kappa shape index (κ3) is 2.84. The number of carbonyl (C=O) groups is 1. The van der Waals surface area contributed by atoms with Crippen molar-refractivity contribution in [1.29, 1.82) is 0 Å². The van der Waals surface area contributed by atoms with E-state index in [0.717, 1.165) is 33.2 Å². The van der Waals surface area contributed by atoms with Crippen LogP contribution in [0.15, 0.2) is 73.1 Å². The third-order valence-electron chi connectivity index (χ3n) is 4.57. The molecule has 0 fully saturated rings. The van der Waals surface area contributed by atoms with Crippen LogP contribution in [0.1, 0.15) is 0 Å². The Balaban J connectivity index is 1.65. The summed E-state index contributed by atoms with van der Waals surface area (Å²) in [6.45, 7) is 0. The van der Waals surface area contributed by atoms with Crippen molar-refractivity contribution in [2.45, 2.75) is 0 Å². The fourth-order valence-electron chi connectivity index (χ4n) is 3.26. The summed E-state index contributed by atoms with van der Waals surface area (Å²) in [4.78, 5) is 12.6. The van der Waals surface area contributed by atoms with Gasteiger partial charge in [0, 0.05) is 24.3 Å². The molecule has 2 heterocycles. The number of benzene rings is 2. The Morgan fingerprint density at radius 1 is 0.692 bits per heavy atom. The molecule has 4 rings (SSSR count). The maximum Gasteiger partial charge on any atom is 0.323 e. The highest BCUT2D eigenvalue weighted by Gasteiger charge is 2.13. The molecular weight excluding hydrogens is 324 g/mol. The number of hydrogen-bond acceptors (Lipinski definition) is 1. The van der Waals surface area contributed by atoms with E-state index in [2.05, 4.69) is 10.6 Å². The first-order valence-corrected chi connectivity index (χ1v) is 8.46. The molecule has 0 saturated heterocycles. The molecule has 0 aliphatic rings. The Bertz CT molecular complexity index is 1050. The molecule has 2 amide bonds. The topological polar surface area (TPSA) is 48.9 Å². The smallest absolute Gasteiger partial charge is 0.307 e. The molecule has 0 radical (unpaired) electrons. The standard InChI is InChI=1S/C21H18N4O/c1-24-13-5-7-15-17(9-3-11-19(15)24)22-21(26)23-18-10-4-12-20-16(18)8-6-14-25(20)2/h3-14H,1-2H3/p+2. The number of aromatic nitrogens is 2. The normalized spacial score (nSPS) is 10.8. The minimum atomic E-state index is -0.261. The molecule has 5 heteroatoms. The highest BCUT2D eigenvalue weighted by atomic mass is 16.2. The first kappa shape index (κ1) is 16.0. The molecule has 2 aromatic heterocycles. The molecule has 26 heavy (non-hydrogen) atoms. The zero-order chi connectivity index (χ0) is 18.1. The summed E-state index contributed by atoms with van der Waals surface area (Å²) in [6, 6.07) is 19.4. The largest absolute Gasteiger partial charge is 0.323 e. The van der Waals surface area contributed by atoms with Crippen LogP contribution in [-0.2, 0) is 14.1 Å². The van der Waals surface area contributed by atoms with Gasteiger partial charge in [-0.25, -0.2) is 13.9 Å². The van der Waals surface area contributed by atoms with Gasteiger partial charge in [0.2, 0.25) is 11.0 Å². The number of carbonyl (C=O) groups excluding carboxylic acids is 1. The van der Waals surface area contributed by atoms with Gasteiger partial charge in [-0.1, -0.05) is 12.1 Å². The molecule has 0 atom stereocenters. The van der Waals surface area contributed by atoms with Crippen molar-refractivity contribution in [1.82, 2.24) is 0 Å². The van der Waals surface area contributed by atoms with Gasteiger partial charge < -0.3 is 10.6 Å². The van der Waals surface area contributed by atoms with Gasteiger partial charge in [-0.3, -0.25) is 0 Å². The fraction of sp³-hybridized carbons (Fsp3) is 0.0952. The minimum Gasteiger partial charge on any atom is -0.307 e. The number of nitrogens with zero attached hydrogens (tertiary/aromatic N) is 2. The first-order chi connectivity index (χ1) is 12.6. The number of pyridine rings is 2. The molecule has 0 spiro atoms. The second kappa shape index (κ2) is 6.44. The van der Waals surface area contributed by atoms with Crippen LogP contribution in [0.5, 0.6) is 0 Å². The predicted octanol–water partition coefficient (Wildman–Crippen LogP) is 3.29. The SMILES string of the molecule is C[n+]1cccc2c(NC(=O)Nc3cccc4c3ccc[n+]4C)cccc21. The molecular formula is C21H20N4O+2. The van der Waals surface area contributed by atoms with E-state index >= 15 is 0 Å². The Morgan fingerprint density at radius 2 is 1.15 bits per heavy atom. The van der Waals surface area contributed by atoms with Gasteiger partial charge >= 0.3 is 6.03 Å². The summed E-state index contributed by atoms with van der Waals surface area (Å²) in [5.41, 5.74) is 3.67. The number of nitrogens with one attached hydrogen (secondary N) is 2. The van der Waals surface area contributed by atoms with Crippen LogP contribution < -0.4 is 19.8 Å². The number of amides is 2. The maximum atomic E-state index is 12.6. The molecule has 4 aromatic rings. The number of fused-ring (bicyclic) bond motifs is 2.